The number of anilines is 1. The highest BCUT2D eigenvalue weighted by molar-refractivity contribution is 7.99. The monoisotopic (exact) mass is 456 g/mol. The summed E-state index contributed by atoms with van der Waals surface area (Å²) in [5.74, 6) is 0.0588. The van der Waals surface area contributed by atoms with Gasteiger partial charge in [-0.05, 0) is 29.8 Å². The van der Waals surface area contributed by atoms with E-state index < -0.39 is 12.1 Å². The van der Waals surface area contributed by atoms with Gasteiger partial charge < -0.3 is 19.1 Å². The van der Waals surface area contributed by atoms with E-state index in [0.29, 0.717) is 19.8 Å². The van der Waals surface area contributed by atoms with Crippen LogP contribution in [0.3, 0.4) is 0 Å². The molecule has 2 aromatic rings. The Morgan fingerprint density at radius 1 is 1.09 bits per heavy atom. The molecule has 2 atom stereocenters. The predicted octanol–water partition coefficient (Wildman–Crippen LogP) is 3.14. The number of para-hydroxylation sites is 1. The number of fused-ring (bicyclic) bond motifs is 1. The molecule has 170 valence electrons. The lowest BCUT2D eigenvalue weighted by molar-refractivity contribution is -0.152. The highest BCUT2D eigenvalue weighted by Gasteiger charge is 2.40. The van der Waals surface area contributed by atoms with Gasteiger partial charge in [0.1, 0.15) is 5.75 Å². The second-order valence-electron chi connectivity index (χ2n) is 7.75. The number of esters is 1. The van der Waals surface area contributed by atoms with Crippen LogP contribution in [0.15, 0.2) is 53.4 Å². The Hall–Kier alpha value is -2.55. The highest BCUT2D eigenvalue weighted by Crippen LogP contribution is 2.46. The first-order chi connectivity index (χ1) is 15.6. The molecule has 1 saturated heterocycles. The first kappa shape index (κ1) is 22.6. The topological polar surface area (TPSA) is 68.3 Å². The molecule has 0 saturated carbocycles. The molecular weight excluding hydrogens is 428 g/mol. The van der Waals surface area contributed by atoms with Gasteiger partial charge >= 0.3 is 5.97 Å². The Bertz CT molecular complexity index is 946. The Morgan fingerprint density at radius 3 is 2.50 bits per heavy atom. The summed E-state index contributed by atoms with van der Waals surface area (Å²) in [4.78, 5) is 30.8. The molecule has 2 aliphatic heterocycles. The van der Waals surface area contributed by atoms with E-state index in [9.17, 15) is 9.59 Å². The fraction of sp³-hybridized carbons (Fsp3) is 0.417. The summed E-state index contributed by atoms with van der Waals surface area (Å²) in [5, 5.41) is -0.369. The summed E-state index contributed by atoms with van der Waals surface area (Å²) in [6.07, 6.45) is -0.928. The van der Waals surface area contributed by atoms with E-state index in [-0.39, 0.29) is 11.2 Å². The summed E-state index contributed by atoms with van der Waals surface area (Å²) in [5.41, 5.74) is 1.75. The zero-order valence-electron chi connectivity index (χ0n) is 18.4. The van der Waals surface area contributed by atoms with Crippen molar-refractivity contribution in [2.24, 2.45) is 0 Å². The van der Waals surface area contributed by atoms with Crippen LogP contribution in [0.2, 0.25) is 0 Å². The summed E-state index contributed by atoms with van der Waals surface area (Å²) >= 11 is 1.55. The van der Waals surface area contributed by atoms with E-state index in [0.717, 1.165) is 41.5 Å². The van der Waals surface area contributed by atoms with Crippen molar-refractivity contribution in [3.8, 4) is 5.75 Å². The molecule has 4 rings (SSSR count). The molecule has 32 heavy (non-hydrogen) atoms. The van der Waals surface area contributed by atoms with Crippen LogP contribution in [-0.2, 0) is 19.1 Å². The van der Waals surface area contributed by atoms with Gasteiger partial charge in [0.2, 0.25) is 0 Å². The molecule has 2 aromatic carbocycles. The molecule has 2 aliphatic rings. The van der Waals surface area contributed by atoms with Gasteiger partial charge in [0, 0.05) is 38.0 Å². The molecule has 0 spiro atoms. The first-order valence-corrected chi connectivity index (χ1v) is 11.6. The standard InChI is InChI=1S/C24H28N2O5S/c1-17(27)31-22-23(18-7-9-19(29-2)10-8-18)32-21-6-4-3-5-20(21)26(24(22)28)12-11-25-13-15-30-16-14-25/h3-10,22-23H,11-16H2,1-2H3/t22-,23+/m1/s1. The fourth-order valence-corrected chi connectivity index (χ4v) is 5.32. The quantitative estimate of drug-likeness (QED) is 0.619. The normalized spacial score (nSPS) is 21.6. The van der Waals surface area contributed by atoms with Crippen LogP contribution >= 0.6 is 11.8 Å². The highest BCUT2D eigenvalue weighted by atomic mass is 32.2. The number of methoxy groups -OCH3 is 1. The van der Waals surface area contributed by atoms with E-state index in [1.54, 1.807) is 23.8 Å². The third kappa shape index (κ3) is 5.09. The minimum Gasteiger partial charge on any atom is -0.497 e. The van der Waals surface area contributed by atoms with Crippen LogP contribution in [0, 0.1) is 0 Å². The number of hydrogen-bond donors (Lipinski definition) is 0. The minimum absolute atomic E-state index is 0.202. The van der Waals surface area contributed by atoms with Crippen LogP contribution in [-0.4, -0.2) is 69.4 Å². The van der Waals surface area contributed by atoms with Crippen molar-refractivity contribution in [1.29, 1.82) is 0 Å². The van der Waals surface area contributed by atoms with E-state index in [4.69, 9.17) is 14.2 Å². The molecule has 0 aromatic heterocycles. The maximum Gasteiger partial charge on any atom is 0.303 e. The Morgan fingerprint density at radius 2 is 1.81 bits per heavy atom. The number of rotatable bonds is 6. The molecular formula is C24H28N2O5S. The zero-order valence-corrected chi connectivity index (χ0v) is 19.2. The zero-order chi connectivity index (χ0) is 22.5. The average molecular weight is 457 g/mol. The summed E-state index contributed by atoms with van der Waals surface area (Å²) in [6, 6.07) is 15.4. The van der Waals surface area contributed by atoms with Crippen LogP contribution < -0.4 is 9.64 Å². The lowest BCUT2D eigenvalue weighted by Gasteiger charge is -2.31. The number of hydrogen-bond acceptors (Lipinski definition) is 7. The average Bonchev–Trinajstić information content (AvgIpc) is 2.93. The summed E-state index contributed by atoms with van der Waals surface area (Å²) < 4.78 is 16.4. The number of carbonyl (C=O) groups is 2. The van der Waals surface area contributed by atoms with E-state index >= 15 is 0 Å². The molecule has 7 nitrogen and oxygen atoms in total. The van der Waals surface area contributed by atoms with Crippen LogP contribution in [0.5, 0.6) is 5.75 Å². The minimum atomic E-state index is -0.928. The Labute approximate surface area is 192 Å². The van der Waals surface area contributed by atoms with Crippen molar-refractivity contribution < 1.29 is 23.8 Å². The largest absolute Gasteiger partial charge is 0.497 e. The fourth-order valence-electron chi connectivity index (χ4n) is 4.00. The second kappa shape index (κ2) is 10.4. The van der Waals surface area contributed by atoms with Gasteiger partial charge in [-0.3, -0.25) is 14.5 Å². The van der Waals surface area contributed by atoms with Crippen molar-refractivity contribution in [2.75, 3.05) is 51.4 Å². The summed E-state index contributed by atoms with van der Waals surface area (Å²) in [6.45, 7) is 5.70. The number of carbonyl (C=O) groups excluding carboxylic acids is 2. The van der Waals surface area contributed by atoms with Gasteiger partial charge in [-0.1, -0.05) is 24.3 Å². The molecule has 0 aliphatic carbocycles. The number of benzene rings is 2. The summed E-state index contributed by atoms with van der Waals surface area (Å²) in [7, 11) is 1.61. The van der Waals surface area contributed by atoms with Crippen LogP contribution in [0.25, 0.3) is 0 Å². The van der Waals surface area contributed by atoms with E-state index in [1.165, 1.54) is 6.92 Å². The number of nitrogens with zero attached hydrogens (tertiary/aromatic N) is 2. The SMILES string of the molecule is COc1ccc([C@@H]2Sc3ccccc3N(CCN3CCOCC3)C(=O)[C@@H]2OC(C)=O)cc1. The second-order valence-corrected chi connectivity index (χ2v) is 8.94. The van der Waals surface area contributed by atoms with E-state index in [1.807, 2.05) is 48.5 Å². The predicted molar refractivity (Wildman–Crippen MR) is 123 cm³/mol. The van der Waals surface area contributed by atoms with Gasteiger partial charge in [0.05, 0.1) is 31.3 Å². The number of amides is 1. The van der Waals surface area contributed by atoms with Crippen molar-refractivity contribution >= 4 is 29.3 Å². The smallest absolute Gasteiger partial charge is 0.303 e. The third-order valence-electron chi connectivity index (χ3n) is 5.68. The van der Waals surface area contributed by atoms with Crippen LogP contribution in [0.4, 0.5) is 5.69 Å². The van der Waals surface area contributed by atoms with Gasteiger partial charge in [0.15, 0.2) is 6.10 Å². The lowest BCUT2D eigenvalue weighted by Crippen LogP contribution is -2.47. The first-order valence-electron chi connectivity index (χ1n) is 10.7. The number of morpholine rings is 1. The molecule has 0 unspecified atom stereocenters. The molecule has 1 fully saturated rings. The maximum atomic E-state index is 13.8. The lowest BCUT2D eigenvalue weighted by atomic mass is 10.1. The third-order valence-corrected chi connectivity index (χ3v) is 7.05. The van der Waals surface area contributed by atoms with Crippen molar-refractivity contribution in [3.63, 3.8) is 0 Å². The molecule has 0 N–H and O–H groups in total. The van der Waals surface area contributed by atoms with Crippen molar-refractivity contribution in [1.82, 2.24) is 4.90 Å². The molecule has 0 bridgehead atoms. The van der Waals surface area contributed by atoms with Gasteiger partial charge in [0.25, 0.3) is 5.91 Å². The van der Waals surface area contributed by atoms with Crippen molar-refractivity contribution in [3.05, 3.63) is 54.1 Å². The molecule has 1 amide bonds. The molecule has 0 radical (unpaired) electrons. The van der Waals surface area contributed by atoms with Crippen molar-refractivity contribution in [2.45, 2.75) is 23.2 Å². The van der Waals surface area contributed by atoms with Gasteiger partial charge in [-0.2, -0.15) is 0 Å². The Kier molecular flexibility index (Phi) is 7.34. The van der Waals surface area contributed by atoms with Gasteiger partial charge in [-0.25, -0.2) is 0 Å². The van der Waals surface area contributed by atoms with E-state index in [2.05, 4.69) is 4.90 Å². The molecule has 8 heteroatoms. The van der Waals surface area contributed by atoms with Crippen LogP contribution in [0.1, 0.15) is 17.7 Å². The van der Waals surface area contributed by atoms with Gasteiger partial charge in [-0.15, -0.1) is 11.8 Å². The maximum absolute atomic E-state index is 13.8. The molecule has 2 heterocycles. The number of ether oxygens (including phenoxy) is 3. The Balaban J connectivity index is 1.67. The number of thioether (sulfide) groups is 1.